The molecule has 1 aromatic heterocycles. The topological polar surface area (TPSA) is 81.2 Å². The Labute approximate surface area is 157 Å². The number of hydrogen-bond acceptors (Lipinski definition) is 5. The number of nitrogens with two attached hydrogens (primary N) is 1. The number of aromatic nitrogens is 2. The van der Waals surface area contributed by atoms with Gasteiger partial charge in [-0.3, -0.25) is 4.90 Å². The van der Waals surface area contributed by atoms with Crippen LogP contribution in [0.2, 0.25) is 0 Å². The Morgan fingerprint density at radius 1 is 1.22 bits per heavy atom. The van der Waals surface area contributed by atoms with E-state index in [0.717, 1.165) is 40.2 Å². The van der Waals surface area contributed by atoms with Crippen LogP contribution < -0.4 is 5.73 Å². The standard InChI is InChI=1S/C18H22F2N4O2S/c1-27(25,26)24-9-11-8-23(10-18(11)22-24)13-3-4-14(17(21)7-13)15-6-12(19)2-5-16(15)20/h2,5-6,9,13-14,17H,3-4,7-8,10,21H2,1H3/t13-,14+,17-/m1/s1. The maximum atomic E-state index is 14.1. The largest absolute Gasteiger partial charge is 0.327 e. The first-order valence-corrected chi connectivity index (χ1v) is 10.8. The number of benzene rings is 1. The van der Waals surface area contributed by atoms with E-state index >= 15 is 0 Å². The summed E-state index contributed by atoms with van der Waals surface area (Å²) >= 11 is 0. The van der Waals surface area contributed by atoms with Gasteiger partial charge in [-0.25, -0.2) is 17.2 Å². The van der Waals surface area contributed by atoms with Crippen molar-refractivity contribution in [2.75, 3.05) is 6.26 Å². The summed E-state index contributed by atoms with van der Waals surface area (Å²) in [6.45, 7) is 1.20. The van der Waals surface area contributed by atoms with Gasteiger partial charge in [-0.1, -0.05) is 0 Å². The van der Waals surface area contributed by atoms with Gasteiger partial charge in [0.05, 0.1) is 11.9 Å². The summed E-state index contributed by atoms with van der Waals surface area (Å²) in [6.07, 6.45) is 4.88. The Kier molecular flexibility index (Phi) is 4.56. The van der Waals surface area contributed by atoms with E-state index in [1.54, 1.807) is 6.20 Å². The van der Waals surface area contributed by atoms with E-state index in [-0.39, 0.29) is 18.0 Å². The summed E-state index contributed by atoms with van der Waals surface area (Å²) in [7, 11) is -3.38. The van der Waals surface area contributed by atoms with E-state index in [2.05, 4.69) is 10.00 Å². The summed E-state index contributed by atoms with van der Waals surface area (Å²) < 4.78 is 51.8. The lowest BCUT2D eigenvalue weighted by Gasteiger charge is -2.38. The molecular formula is C18H22F2N4O2S. The molecule has 0 amide bonds. The van der Waals surface area contributed by atoms with Gasteiger partial charge in [0.1, 0.15) is 11.6 Å². The van der Waals surface area contributed by atoms with Crippen molar-refractivity contribution in [3.05, 3.63) is 52.9 Å². The summed E-state index contributed by atoms with van der Waals surface area (Å²) in [4.78, 5) is 2.24. The highest BCUT2D eigenvalue weighted by atomic mass is 32.2. The Morgan fingerprint density at radius 2 is 2.00 bits per heavy atom. The van der Waals surface area contributed by atoms with Crippen LogP contribution in [0.15, 0.2) is 24.4 Å². The predicted molar refractivity (Wildman–Crippen MR) is 96.4 cm³/mol. The lowest BCUT2D eigenvalue weighted by Crippen LogP contribution is -2.44. The SMILES string of the molecule is CS(=O)(=O)n1cc2c(n1)CN([C@@H]1CC[C@@H](c3cc(F)ccc3F)[C@H](N)C1)C2. The molecule has 1 fully saturated rings. The number of halogens is 2. The highest BCUT2D eigenvalue weighted by molar-refractivity contribution is 7.89. The normalized spacial score (nSPS) is 26.3. The molecule has 146 valence electrons. The van der Waals surface area contributed by atoms with Gasteiger partial charge in [0.25, 0.3) is 10.0 Å². The molecule has 1 aliphatic carbocycles. The molecule has 9 heteroatoms. The third-order valence-electron chi connectivity index (χ3n) is 5.67. The van der Waals surface area contributed by atoms with Gasteiger partial charge in [0.15, 0.2) is 0 Å². The fourth-order valence-corrected chi connectivity index (χ4v) is 4.84. The summed E-state index contributed by atoms with van der Waals surface area (Å²) in [6, 6.07) is 3.48. The smallest absolute Gasteiger partial charge is 0.250 e. The molecule has 0 unspecified atom stereocenters. The maximum Gasteiger partial charge on any atom is 0.250 e. The van der Waals surface area contributed by atoms with Crippen molar-refractivity contribution in [2.45, 2.75) is 50.4 Å². The summed E-state index contributed by atoms with van der Waals surface area (Å²) in [5.74, 6) is -1.06. The van der Waals surface area contributed by atoms with Crippen molar-refractivity contribution in [1.82, 2.24) is 14.1 Å². The summed E-state index contributed by atoms with van der Waals surface area (Å²) in [5.41, 5.74) is 8.37. The molecule has 0 bridgehead atoms. The lowest BCUT2D eigenvalue weighted by molar-refractivity contribution is 0.136. The van der Waals surface area contributed by atoms with Gasteiger partial charge in [0, 0.05) is 42.9 Å². The van der Waals surface area contributed by atoms with Crippen LogP contribution in [0.1, 0.15) is 42.0 Å². The zero-order valence-corrected chi connectivity index (χ0v) is 15.8. The van der Waals surface area contributed by atoms with Crippen LogP contribution in [-0.4, -0.2) is 40.8 Å². The van der Waals surface area contributed by atoms with E-state index < -0.39 is 21.7 Å². The van der Waals surface area contributed by atoms with Crippen LogP contribution in [0.4, 0.5) is 8.78 Å². The fourth-order valence-electron chi connectivity index (χ4n) is 4.28. The number of hydrogen-bond donors (Lipinski definition) is 1. The second-order valence-corrected chi connectivity index (χ2v) is 9.38. The van der Waals surface area contributed by atoms with Crippen LogP contribution in [0.5, 0.6) is 0 Å². The molecule has 1 saturated carbocycles. The van der Waals surface area contributed by atoms with Crippen molar-refractivity contribution in [3.8, 4) is 0 Å². The second kappa shape index (κ2) is 6.65. The average Bonchev–Trinajstić information content (AvgIpc) is 3.16. The first-order valence-electron chi connectivity index (χ1n) is 8.95. The minimum atomic E-state index is -3.38. The highest BCUT2D eigenvalue weighted by Gasteiger charge is 2.36. The van der Waals surface area contributed by atoms with Crippen molar-refractivity contribution < 1.29 is 17.2 Å². The predicted octanol–water partition coefficient (Wildman–Crippen LogP) is 1.95. The van der Waals surface area contributed by atoms with Crippen LogP contribution in [0, 0.1) is 11.6 Å². The number of nitrogens with zero attached hydrogens (tertiary/aromatic N) is 3. The zero-order chi connectivity index (χ0) is 19.3. The lowest BCUT2D eigenvalue weighted by atomic mass is 9.77. The molecule has 0 saturated heterocycles. The Balaban J connectivity index is 1.44. The quantitative estimate of drug-likeness (QED) is 0.858. The second-order valence-electron chi connectivity index (χ2n) is 7.54. The first-order chi connectivity index (χ1) is 12.7. The number of fused-ring (bicyclic) bond motifs is 1. The van der Waals surface area contributed by atoms with Gasteiger partial charge in [0.2, 0.25) is 0 Å². The summed E-state index contributed by atoms with van der Waals surface area (Å²) in [5, 5.41) is 4.17. The monoisotopic (exact) mass is 396 g/mol. The first kappa shape index (κ1) is 18.5. The molecule has 0 spiro atoms. The van der Waals surface area contributed by atoms with E-state index in [9.17, 15) is 17.2 Å². The van der Waals surface area contributed by atoms with Crippen LogP contribution in [-0.2, 0) is 23.1 Å². The van der Waals surface area contributed by atoms with Crippen LogP contribution in [0.25, 0.3) is 0 Å². The highest BCUT2D eigenvalue weighted by Crippen LogP contribution is 2.37. The molecule has 2 aliphatic rings. The minimum Gasteiger partial charge on any atom is -0.327 e. The Hall–Kier alpha value is -1.84. The minimum absolute atomic E-state index is 0.198. The molecule has 2 aromatic rings. The van der Waals surface area contributed by atoms with E-state index in [4.69, 9.17) is 5.73 Å². The molecular weight excluding hydrogens is 374 g/mol. The zero-order valence-electron chi connectivity index (χ0n) is 15.0. The van der Waals surface area contributed by atoms with Crippen molar-refractivity contribution in [2.24, 2.45) is 5.73 Å². The molecule has 2 heterocycles. The number of rotatable bonds is 3. The molecule has 27 heavy (non-hydrogen) atoms. The molecule has 6 nitrogen and oxygen atoms in total. The van der Waals surface area contributed by atoms with Gasteiger partial charge in [-0.2, -0.15) is 9.19 Å². The van der Waals surface area contributed by atoms with Crippen molar-refractivity contribution in [1.29, 1.82) is 0 Å². The molecule has 1 aromatic carbocycles. The third-order valence-corrected chi connectivity index (χ3v) is 6.53. The molecule has 3 atom stereocenters. The van der Waals surface area contributed by atoms with E-state index in [1.165, 1.54) is 6.07 Å². The maximum absolute atomic E-state index is 14.1. The molecule has 4 rings (SSSR count). The van der Waals surface area contributed by atoms with E-state index in [0.29, 0.717) is 31.5 Å². The van der Waals surface area contributed by atoms with Gasteiger partial charge < -0.3 is 5.73 Å². The van der Waals surface area contributed by atoms with Gasteiger partial charge in [-0.15, -0.1) is 0 Å². The van der Waals surface area contributed by atoms with Gasteiger partial charge >= 0.3 is 0 Å². The van der Waals surface area contributed by atoms with Crippen LogP contribution in [0.3, 0.4) is 0 Å². The fraction of sp³-hybridized carbons (Fsp3) is 0.500. The third kappa shape index (κ3) is 3.51. The van der Waals surface area contributed by atoms with Crippen molar-refractivity contribution in [3.63, 3.8) is 0 Å². The molecule has 0 radical (unpaired) electrons. The molecule has 2 N–H and O–H groups in total. The Bertz CT molecular complexity index is 952. The molecule has 1 aliphatic heterocycles. The van der Waals surface area contributed by atoms with Gasteiger partial charge in [-0.05, 0) is 43.0 Å². The van der Waals surface area contributed by atoms with E-state index in [1.807, 2.05) is 0 Å². The van der Waals surface area contributed by atoms with Crippen LogP contribution >= 0.6 is 0 Å². The van der Waals surface area contributed by atoms with Crippen molar-refractivity contribution >= 4 is 10.0 Å². The Morgan fingerprint density at radius 3 is 2.67 bits per heavy atom. The average molecular weight is 396 g/mol.